The monoisotopic (exact) mass is 262 g/mol. The van der Waals surface area contributed by atoms with Gasteiger partial charge < -0.3 is 10.0 Å². The average Bonchev–Trinajstić information content (AvgIpc) is 2.15. The molecule has 0 fully saturated rings. The van der Waals surface area contributed by atoms with E-state index in [1.54, 1.807) is 0 Å². The molecule has 0 atom stereocenters. The number of hydrogen-bond donors (Lipinski definition) is 2. The normalized spacial score (nSPS) is 11.2. The molecule has 0 unspecified atom stereocenters. The summed E-state index contributed by atoms with van der Waals surface area (Å²) in [5, 5.41) is 13.4. The molecule has 1 amide bonds. The number of primary sulfonamides is 1. The van der Waals surface area contributed by atoms with Crippen molar-refractivity contribution in [3.05, 3.63) is 29.6 Å². The van der Waals surface area contributed by atoms with Gasteiger partial charge in [0, 0.05) is 13.6 Å². The van der Waals surface area contributed by atoms with Crippen LogP contribution < -0.4 is 5.14 Å². The Hall–Kier alpha value is -1.67. The highest BCUT2D eigenvalue weighted by Gasteiger charge is 2.15. The molecule has 8 heteroatoms. The molecule has 6 nitrogen and oxygen atoms in total. The van der Waals surface area contributed by atoms with E-state index < -0.39 is 26.8 Å². The molecule has 0 spiro atoms. The second kappa shape index (κ2) is 4.68. The number of amides is 1. The zero-order chi connectivity index (χ0) is 13.2. The van der Waals surface area contributed by atoms with E-state index in [0.717, 1.165) is 17.0 Å². The summed E-state index contributed by atoms with van der Waals surface area (Å²) in [6.45, 7) is -0.0445. The van der Waals surface area contributed by atoms with Gasteiger partial charge in [0.15, 0.2) is 0 Å². The zero-order valence-corrected chi connectivity index (χ0v) is 9.74. The van der Waals surface area contributed by atoms with Gasteiger partial charge in [-0.3, -0.25) is 0 Å². The number of benzene rings is 1. The predicted molar refractivity (Wildman–Crippen MR) is 57.3 cm³/mol. The van der Waals surface area contributed by atoms with Crippen LogP contribution in [0.1, 0.15) is 5.56 Å². The lowest BCUT2D eigenvalue weighted by molar-refractivity contribution is 0.153. The Kier molecular flexibility index (Phi) is 3.69. The number of rotatable bonds is 3. The van der Waals surface area contributed by atoms with Crippen molar-refractivity contribution in [1.82, 2.24) is 4.90 Å². The molecule has 0 aliphatic carbocycles. The molecule has 0 bridgehead atoms. The molecule has 1 aromatic carbocycles. The van der Waals surface area contributed by atoms with E-state index in [2.05, 4.69) is 0 Å². The molecule has 0 aliphatic heterocycles. The fourth-order valence-electron chi connectivity index (χ4n) is 1.21. The highest BCUT2D eigenvalue weighted by Crippen LogP contribution is 2.15. The van der Waals surface area contributed by atoms with Gasteiger partial charge in [-0.25, -0.2) is 22.7 Å². The van der Waals surface area contributed by atoms with Gasteiger partial charge in [-0.2, -0.15) is 0 Å². The molecule has 0 aliphatic rings. The van der Waals surface area contributed by atoms with Crippen LogP contribution in [0.25, 0.3) is 0 Å². The smallest absolute Gasteiger partial charge is 0.407 e. The van der Waals surface area contributed by atoms with Crippen LogP contribution in [0.15, 0.2) is 23.1 Å². The molecular formula is C9H11FN2O4S. The average molecular weight is 262 g/mol. The summed E-state index contributed by atoms with van der Waals surface area (Å²) in [6.07, 6.45) is -1.17. The predicted octanol–water partition coefficient (Wildman–Crippen LogP) is 0.583. The largest absolute Gasteiger partial charge is 0.465 e. The lowest BCUT2D eigenvalue weighted by Gasteiger charge is -2.13. The minimum atomic E-state index is -4.10. The summed E-state index contributed by atoms with van der Waals surface area (Å²) < 4.78 is 35.2. The first-order valence-electron chi connectivity index (χ1n) is 4.47. The van der Waals surface area contributed by atoms with Crippen LogP contribution in [0.4, 0.5) is 9.18 Å². The Balaban J connectivity index is 3.02. The molecule has 3 N–H and O–H groups in total. The quantitative estimate of drug-likeness (QED) is 0.832. The number of nitrogens with two attached hydrogens (primary N) is 1. The Morgan fingerprint density at radius 1 is 1.53 bits per heavy atom. The van der Waals surface area contributed by atoms with Crippen molar-refractivity contribution in [1.29, 1.82) is 0 Å². The lowest BCUT2D eigenvalue weighted by Crippen LogP contribution is -2.24. The minimum absolute atomic E-state index is 0.0445. The standard InChI is InChI=1S/C9H11FN2O4S/c1-12(9(13)14)5-6-2-3-8(7(10)4-6)17(11,15)16/h2-4H,5H2,1H3,(H,13,14)(H2,11,15,16). The first-order valence-corrected chi connectivity index (χ1v) is 6.01. The first kappa shape index (κ1) is 13.4. The Bertz CT molecular complexity index is 544. The third kappa shape index (κ3) is 3.40. The number of hydrogen-bond acceptors (Lipinski definition) is 3. The van der Waals surface area contributed by atoms with Crippen LogP contribution in [0, 0.1) is 5.82 Å². The van der Waals surface area contributed by atoms with Gasteiger partial charge in [-0.05, 0) is 17.7 Å². The molecule has 0 aromatic heterocycles. The summed E-state index contributed by atoms with van der Waals surface area (Å²) in [4.78, 5) is 10.9. The van der Waals surface area contributed by atoms with Crippen LogP contribution >= 0.6 is 0 Å². The lowest BCUT2D eigenvalue weighted by atomic mass is 10.2. The Labute approximate surface area is 97.5 Å². The first-order chi connectivity index (χ1) is 7.71. The second-order valence-electron chi connectivity index (χ2n) is 3.45. The second-order valence-corrected chi connectivity index (χ2v) is 4.98. The molecule has 1 rings (SSSR count). The molecule has 0 heterocycles. The summed E-state index contributed by atoms with van der Waals surface area (Å²) in [7, 11) is -2.79. The Morgan fingerprint density at radius 3 is 2.53 bits per heavy atom. The minimum Gasteiger partial charge on any atom is -0.465 e. The SMILES string of the molecule is CN(Cc1ccc(S(N)(=O)=O)c(F)c1)C(=O)O. The molecule has 0 radical (unpaired) electrons. The van der Waals surface area contributed by atoms with Crippen LogP contribution in [0.2, 0.25) is 0 Å². The molecule has 94 valence electrons. The maximum atomic E-state index is 13.4. The van der Waals surface area contributed by atoms with Gasteiger partial charge in [-0.1, -0.05) is 6.07 Å². The summed E-state index contributed by atoms with van der Waals surface area (Å²) in [5.74, 6) is -0.996. The number of nitrogens with zero attached hydrogens (tertiary/aromatic N) is 1. The number of carbonyl (C=O) groups is 1. The van der Waals surface area contributed by atoms with Crippen molar-refractivity contribution in [3.8, 4) is 0 Å². The van der Waals surface area contributed by atoms with Gasteiger partial charge >= 0.3 is 6.09 Å². The van der Waals surface area contributed by atoms with Crippen molar-refractivity contribution in [2.45, 2.75) is 11.4 Å². The molecule has 0 saturated heterocycles. The van der Waals surface area contributed by atoms with Crippen molar-refractivity contribution in [2.24, 2.45) is 5.14 Å². The molecular weight excluding hydrogens is 251 g/mol. The van der Waals surface area contributed by atoms with Gasteiger partial charge in [0.25, 0.3) is 0 Å². The van der Waals surface area contributed by atoms with Crippen molar-refractivity contribution < 1.29 is 22.7 Å². The number of carboxylic acid groups (broad SMARTS) is 1. The summed E-state index contributed by atoms with van der Waals surface area (Å²) in [6, 6.07) is 3.26. The Morgan fingerprint density at radius 2 is 2.12 bits per heavy atom. The molecule has 1 aromatic rings. The van der Waals surface area contributed by atoms with E-state index in [4.69, 9.17) is 10.2 Å². The van der Waals surface area contributed by atoms with Gasteiger partial charge in [0.1, 0.15) is 10.7 Å². The maximum Gasteiger partial charge on any atom is 0.407 e. The fraction of sp³-hybridized carbons (Fsp3) is 0.222. The van der Waals surface area contributed by atoms with Crippen LogP contribution in [0.3, 0.4) is 0 Å². The topological polar surface area (TPSA) is 101 Å². The van der Waals surface area contributed by atoms with E-state index in [9.17, 15) is 17.6 Å². The molecule has 0 saturated carbocycles. The van der Waals surface area contributed by atoms with E-state index >= 15 is 0 Å². The van der Waals surface area contributed by atoms with Crippen LogP contribution in [-0.4, -0.2) is 31.6 Å². The van der Waals surface area contributed by atoms with Crippen molar-refractivity contribution in [2.75, 3.05) is 7.05 Å². The van der Waals surface area contributed by atoms with Crippen molar-refractivity contribution >= 4 is 16.1 Å². The van der Waals surface area contributed by atoms with Crippen LogP contribution in [-0.2, 0) is 16.6 Å². The highest BCUT2D eigenvalue weighted by atomic mass is 32.2. The van der Waals surface area contributed by atoms with Gasteiger partial charge in [0.05, 0.1) is 0 Å². The van der Waals surface area contributed by atoms with Crippen molar-refractivity contribution in [3.63, 3.8) is 0 Å². The third-order valence-electron chi connectivity index (χ3n) is 2.05. The van der Waals surface area contributed by atoms with E-state index in [1.807, 2.05) is 0 Å². The maximum absolute atomic E-state index is 13.4. The van der Waals surface area contributed by atoms with E-state index in [0.29, 0.717) is 5.56 Å². The van der Waals surface area contributed by atoms with Gasteiger partial charge in [-0.15, -0.1) is 0 Å². The zero-order valence-electron chi connectivity index (χ0n) is 8.92. The van der Waals surface area contributed by atoms with Gasteiger partial charge in [0.2, 0.25) is 10.0 Å². The summed E-state index contributed by atoms with van der Waals surface area (Å²) >= 11 is 0. The summed E-state index contributed by atoms with van der Waals surface area (Å²) in [5.41, 5.74) is 0.333. The third-order valence-corrected chi connectivity index (χ3v) is 2.99. The van der Waals surface area contributed by atoms with Crippen LogP contribution in [0.5, 0.6) is 0 Å². The number of sulfonamides is 1. The van der Waals surface area contributed by atoms with E-state index in [-0.39, 0.29) is 6.54 Å². The van der Waals surface area contributed by atoms with E-state index in [1.165, 1.54) is 13.1 Å². The number of halogens is 1. The fourth-order valence-corrected chi connectivity index (χ4v) is 1.80. The highest BCUT2D eigenvalue weighted by molar-refractivity contribution is 7.89. The molecule has 17 heavy (non-hydrogen) atoms.